The van der Waals surface area contributed by atoms with Gasteiger partial charge >= 0.3 is 0 Å². The SMILES string of the molecule is Cc1ccccc1C(=O)NCCC(=O)NNC(=O)C(C)Oc1ccc(F)cc1. The van der Waals surface area contributed by atoms with Crippen molar-refractivity contribution in [2.75, 3.05) is 6.54 Å². The van der Waals surface area contributed by atoms with Crippen LogP contribution in [0.5, 0.6) is 5.75 Å². The summed E-state index contributed by atoms with van der Waals surface area (Å²) in [6.07, 6.45) is -0.906. The first-order valence-electron chi connectivity index (χ1n) is 8.71. The molecule has 0 saturated carbocycles. The molecule has 7 nitrogen and oxygen atoms in total. The molecule has 3 amide bonds. The van der Waals surface area contributed by atoms with E-state index in [2.05, 4.69) is 16.2 Å². The van der Waals surface area contributed by atoms with Crippen molar-refractivity contribution < 1.29 is 23.5 Å². The number of nitrogens with one attached hydrogen (secondary N) is 3. The van der Waals surface area contributed by atoms with Crippen molar-refractivity contribution in [1.82, 2.24) is 16.2 Å². The zero-order valence-corrected chi connectivity index (χ0v) is 15.6. The second-order valence-corrected chi connectivity index (χ2v) is 6.07. The quantitative estimate of drug-likeness (QED) is 0.632. The van der Waals surface area contributed by atoms with E-state index in [4.69, 9.17) is 4.74 Å². The van der Waals surface area contributed by atoms with Crippen molar-refractivity contribution in [3.05, 3.63) is 65.5 Å². The molecule has 148 valence electrons. The number of halogens is 1. The molecule has 0 aliphatic heterocycles. The number of rotatable bonds is 7. The first-order chi connectivity index (χ1) is 13.4. The number of hydrogen-bond acceptors (Lipinski definition) is 4. The summed E-state index contributed by atoms with van der Waals surface area (Å²) < 4.78 is 18.2. The zero-order valence-electron chi connectivity index (χ0n) is 15.6. The van der Waals surface area contributed by atoms with E-state index in [9.17, 15) is 18.8 Å². The third kappa shape index (κ3) is 6.39. The molecule has 2 aromatic carbocycles. The Morgan fingerprint density at radius 3 is 2.39 bits per heavy atom. The molecule has 0 heterocycles. The fourth-order valence-electron chi connectivity index (χ4n) is 2.28. The van der Waals surface area contributed by atoms with Crippen molar-refractivity contribution in [2.45, 2.75) is 26.4 Å². The van der Waals surface area contributed by atoms with Crippen LogP contribution < -0.4 is 20.9 Å². The van der Waals surface area contributed by atoms with Crippen LogP contribution in [0.1, 0.15) is 29.3 Å². The standard InChI is InChI=1S/C20H22FN3O4/c1-13-5-3-4-6-17(13)20(27)22-12-11-18(25)23-24-19(26)14(2)28-16-9-7-15(21)8-10-16/h3-10,14H,11-12H2,1-2H3,(H,22,27)(H,23,25)(H,24,26). The number of hydrazine groups is 1. The summed E-state index contributed by atoms with van der Waals surface area (Å²) in [4.78, 5) is 35.8. The molecule has 0 saturated heterocycles. The highest BCUT2D eigenvalue weighted by Gasteiger charge is 2.15. The van der Waals surface area contributed by atoms with Gasteiger partial charge in [0.05, 0.1) is 0 Å². The van der Waals surface area contributed by atoms with Gasteiger partial charge in [-0.3, -0.25) is 25.2 Å². The molecule has 0 aliphatic carbocycles. The van der Waals surface area contributed by atoms with Crippen LogP contribution in [-0.2, 0) is 9.59 Å². The van der Waals surface area contributed by atoms with E-state index in [-0.39, 0.29) is 18.9 Å². The van der Waals surface area contributed by atoms with E-state index in [1.165, 1.54) is 31.2 Å². The maximum absolute atomic E-state index is 12.9. The summed E-state index contributed by atoms with van der Waals surface area (Å²) in [5.74, 6) is -1.38. The predicted molar refractivity (Wildman–Crippen MR) is 101 cm³/mol. The van der Waals surface area contributed by atoms with Crippen molar-refractivity contribution >= 4 is 17.7 Å². The van der Waals surface area contributed by atoms with E-state index < -0.39 is 23.7 Å². The highest BCUT2D eigenvalue weighted by atomic mass is 19.1. The summed E-state index contributed by atoms with van der Waals surface area (Å²) in [5, 5.41) is 2.65. The van der Waals surface area contributed by atoms with Gasteiger partial charge in [-0.05, 0) is 49.7 Å². The van der Waals surface area contributed by atoms with Gasteiger partial charge in [-0.1, -0.05) is 18.2 Å². The Kier molecular flexibility index (Phi) is 7.50. The summed E-state index contributed by atoms with van der Waals surface area (Å²) in [6, 6.07) is 12.4. The molecule has 2 rings (SSSR count). The van der Waals surface area contributed by atoms with Gasteiger partial charge in [0.25, 0.3) is 11.8 Å². The molecule has 0 aliphatic rings. The minimum absolute atomic E-state index is 0.00883. The van der Waals surface area contributed by atoms with Crippen LogP contribution in [0.25, 0.3) is 0 Å². The molecular weight excluding hydrogens is 365 g/mol. The Balaban J connectivity index is 1.68. The lowest BCUT2D eigenvalue weighted by Gasteiger charge is -2.15. The Morgan fingerprint density at radius 1 is 1.04 bits per heavy atom. The Labute approximate surface area is 162 Å². The van der Waals surface area contributed by atoms with Gasteiger partial charge in [-0.25, -0.2) is 4.39 Å². The van der Waals surface area contributed by atoms with Crippen LogP contribution in [0, 0.1) is 12.7 Å². The number of amides is 3. The fourth-order valence-corrected chi connectivity index (χ4v) is 2.28. The summed E-state index contributed by atoms with van der Waals surface area (Å²) in [5.41, 5.74) is 5.88. The lowest BCUT2D eigenvalue weighted by molar-refractivity contribution is -0.132. The molecule has 0 spiro atoms. The topological polar surface area (TPSA) is 96.5 Å². The van der Waals surface area contributed by atoms with Crippen LogP contribution >= 0.6 is 0 Å². The number of hydrogen-bond donors (Lipinski definition) is 3. The highest BCUT2D eigenvalue weighted by molar-refractivity contribution is 5.95. The van der Waals surface area contributed by atoms with E-state index in [1.54, 1.807) is 12.1 Å². The van der Waals surface area contributed by atoms with Crippen molar-refractivity contribution in [3.63, 3.8) is 0 Å². The van der Waals surface area contributed by atoms with Gasteiger partial charge in [0, 0.05) is 18.5 Å². The van der Waals surface area contributed by atoms with Crippen LogP contribution in [-0.4, -0.2) is 30.4 Å². The van der Waals surface area contributed by atoms with E-state index >= 15 is 0 Å². The first-order valence-corrected chi connectivity index (χ1v) is 8.71. The number of ether oxygens (including phenoxy) is 1. The first kappa shape index (κ1) is 20.9. The van der Waals surface area contributed by atoms with Crippen molar-refractivity contribution in [1.29, 1.82) is 0 Å². The molecule has 3 N–H and O–H groups in total. The summed E-state index contributed by atoms with van der Waals surface area (Å²) >= 11 is 0. The zero-order chi connectivity index (χ0) is 20.5. The molecule has 28 heavy (non-hydrogen) atoms. The van der Waals surface area contributed by atoms with Crippen LogP contribution in [0.3, 0.4) is 0 Å². The largest absolute Gasteiger partial charge is 0.481 e. The van der Waals surface area contributed by atoms with Gasteiger partial charge in [-0.15, -0.1) is 0 Å². The van der Waals surface area contributed by atoms with Gasteiger partial charge in [0.15, 0.2) is 6.10 Å². The lowest BCUT2D eigenvalue weighted by atomic mass is 10.1. The molecule has 2 aromatic rings. The van der Waals surface area contributed by atoms with Crippen molar-refractivity contribution in [3.8, 4) is 5.75 Å². The Bertz CT molecular complexity index is 840. The van der Waals surface area contributed by atoms with Gasteiger partial charge in [0.2, 0.25) is 5.91 Å². The molecule has 0 radical (unpaired) electrons. The lowest BCUT2D eigenvalue weighted by Crippen LogP contribution is -2.47. The molecule has 1 atom stereocenters. The monoisotopic (exact) mass is 387 g/mol. The average molecular weight is 387 g/mol. The second-order valence-electron chi connectivity index (χ2n) is 6.07. The third-order valence-corrected chi connectivity index (χ3v) is 3.85. The average Bonchev–Trinajstić information content (AvgIpc) is 2.68. The highest BCUT2D eigenvalue weighted by Crippen LogP contribution is 2.12. The molecular formula is C20H22FN3O4. The number of carbonyl (C=O) groups excluding carboxylic acids is 3. The maximum Gasteiger partial charge on any atom is 0.279 e. The van der Waals surface area contributed by atoms with Gasteiger partial charge in [0.1, 0.15) is 11.6 Å². The summed E-state index contributed by atoms with van der Waals surface area (Å²) in [6.45, 7) is 3.44. The molecule has 0 bridgehead atoms. The van der Waals surface area contributed by atoms with Crippen molar-refractivity contribution in [2.24, 2.45) is 0 Å². The minimum atomic E-state index is -0.897. The Hall–Kier alpha value is -3.42. The summed E-state index contributed by atoms with van der Waals surface area (Å²) in [7, 11) is 0. The number of carbonyl (C=O) groups is 3. The Morgan fingerprint density at radius 2 is 1.71 bits per heavy atom. The third-order valence-electron chi connectivity index (χ3n) is 3.85. The molecule has 0 fully saturated rings. The van der Waals surface area contributed by atoms with E-state index in [1.807, 2.05) is 19.1 Å². The van der Waals surface area contributed by atoms with Gasteiger partial charge in [-0.2, -0.15) is 0 Å². The molecule has 1 unspecified atom stereocenters. The maximum atomic E-state index is 12.9. The molecule has 8 heteroatoms. The second kappa shape index (κ2) is 10.1. The van der Waals surface area contributed by atoms with E-state index in [0.29, 0.717) is 11.3 Å². The molecule has 0 aromatic heterocycles. The van der Waals surface area contributed by atoms with Crippen LogP contribution in [0.2, 0.25) is 0 Å². The normalized spacial score (nSPS) is 11.2. The number of aryl methyl sites for hydroxylation is 1. The number of benzene rings is 2. The van der Waals surface area contributed by atoms with Crippen LogP contribution in [0.4, 0.5) is 4.39 Å². The van der Waals surface area contributed by atoms with E-state index in [0.717, 1.165) is 5.56 Å². The van der Waals surface area contributed by atoms with Crippen LogP contribution in [0.15, 0.2) is 48.5 Å². The smallest absolute Gasteiger partial charge is 0.279 e. The minimum Gasteiger partial charge on any atom is -0.481 e. The predicted octanol–water partition coefficient (Wildman–Crippen LogP) is 1.87. The van der Waals surface area contributed by atoms with Gasteiger partial charge < -0.3 is 10.1 Å². The fraction of sp³-hybridized carbons (Fsp3) is 0.250.